The zero-order valence-electron chi connectivity index (χ0n) is 12.7. The van der Waals surface area contributed by atoms with E-state index in [4.69, 9.17) is 11.6 Å². The first kappa shape index (κ1) is 16.5. The van der Waals surface area contributed by atoms with E-state index in [1.165, 1.54) is 17.0 Å². The Kier molecular flexibility index (Phi) is 5.20. The number of hydrogen-bond donors (Lipinski definition) is 1. The summed E-state index contributed by atoms with van der Waals surface area (Å²) in [5, 5.41) is 11.0. The second-order valence-electron chi connectivity index (χ2n) is 5.59. The number of likely N-dealkylation sites (N-methyl/N-ethyl adjacent to an activating group) is 2. The van der Waals surface area contributed by atoms with Crippen molar-refractivity contribution in [2.24, 2.45) is 0 Å². The Hall–Kier alpha value is -1.86. The van der Waals surface area contributed by atoms with E-state index in [0.717, 1.165) is 26.2 Å². The first-order chi connectivity index (χ1) is 10.4. The van der Waals surface area contributed by atoms with Crippen molar-refractivity contribution in [2.75, 3.05) is 51.7 Å². The Balaban J connectivity index is 2.01. The van der Waals surface area contributed by atoms with Crippen molar-refractivity contribution < 1.29 is 14.6 Å². The number of rotatable bonds is 4. The van der Waals surface area contributed by atoms with E-state index in [1.807, 2.05) is 4.90 Å². The topological polar surface area (TPSA) is 71.1 Å². The number of benzene rings is 1. The van der Waals surface area contributed by atoms with Gasteiger partial charge in [-0.1, -0.05) is 11.6 Å². The van der Waals surface area contributed by atoms with Crippen molar-refractivity contribution >= 4 is 28.9 Å². The third-order valence-electron chi connectivity index (χ3n) is 3.90. The minimum Gasteiger partial charge on any atom is -0.364 e. The van der Waals surface area contributed by atoms with Crippen molar-refractivity contribution in [3.05, 3.63) is 33.3 Å². The van der Waals surface area contributed by atoms with Crippen LogP contribution in [-0.4, -0.2) is 62.5 Å². The van der Waals surface area contributed by atoms with Crippen LogP contribution in [-0.2, 0) is 4.79 Å². The molecule has 0 atom stereocenters. The monoisotopic (exact) mass is 327 g/mol. The predicted octanol–water partition coefficient (Wildman–Crippen LogP) is 0.0413. The molecule has 2 rings (SSSR count). The molecule has 1 aliphatic rings. The lowest BCUT2D eigenvalue weighted by Gasteiger charge is -2.31. The highest BCUT2D eigenvalue weighted by molar-refractivity contribution is 6.33. The fourth-order valence-electron chi connectivity index (χ4n) is 2.44. The highest BCUT2D eigenvalue weighted by Gasteiger charge is 2.23. The lowest BCUT2D eigenvalue weighted by Crippen LogP contribution is -3.12. The van der Waals surface area contributed by atoms with Gasteiger partial charge in [0.25, 0.3) is 5.69 Å². The molecule has 1 fully saturated rings. The maximum absolute atomic E-state index is 12.3. The van der Waals surface area contributed by atoms with Crippen molar-refractivity contribution in [1.29, 1.82) is 0 Å². The van der Waals surface area contributed by atoms with Crippen molar-refractivity contribution in [3.8, 4) is 0 Å². The average molecular weight is 328 g/mol. The summed E-state index contributed by atoms with van der Waals surface area (Å²) in [6.07, 6.45) is 0. The molecule has 1 saturated heterocycles. The third-order valence-corrected chi connectivity index (χ3v) is 4.20. The molecular formula is C14H20ClN4O3+. The van der Waals surface area contributed by atoms with Gasteiger partial charge >= 0.3 is 0 Å². The van der Waals surface area contributed by atoms with Gasteiger partial charge < -0.3 is 14.7 Å². The van der Waals surface area contributed by atoms with Gasteiger partial charge in [0.15, 0.2) is 0 Å². The molecule has 1 aromatic carbocycles. The summed E-state index contributed by atoms with van der Waals surface area (Å²) >= 11 is 6.08. The van der Waals surface area contributed by atoms with Crippen LogP contribution >= 0.6 is 11.6 Å². The van der Waals surface area contributed by atoms with Gasteiger partial charge in [0.2, 0.25) is 5.91 Å². The molecule has 22 heavy (non-hydrogen) atoms. The highest BCUT2D eigenvalue weighted by Crippen LogP contribution is 2.29. The van der Waals surface area contributed by atoms with E-state index in [1.54, 1.807) is 18.0 Å². The molecule has 0 unspecified atom stereocenters. The summed E-state index contributed by atoms with van der Waals surface area (Å²) in [6, 6.07) is 4.26. The molecule has 1 aliphatic heterocycles. The number of piperazine rings is 1. The maximum Gasteiger partial charge on any atom is 0.271 e. The lowest BCUT2D eigenvalue weighted by atomic mass is 10.2. The maximum atomic E-state index is 12.3. The summed E-state index contributed by atoms with van der Waals surface area (Å²) in [5.41, 5.74) is 0.552. The van der Waals surface area contributed by atoms with Gasteiger partial charge in [0.05, 0.1) is 55.4 Å². The van der Waals surface area contributed by atoms with Gasteiger partial charge in [-0.3, -0.25) is 14.9 Å². The number of halogens is 1. The molecule has 8 heteroatoms. The number of quaternary nitrogens is 1. The molecule has 0 saturated carbocycles. The number of anilines is 1. The van der Waals surface area contributed by atoms with Crippen LogP contribution in [0.3, 0.4) is 0 Å². The molecule has 120 valence electrons. The number of nitro groups is 1. The van der Waals surface area contributed by atoms with E-state index < -0.39 is 4.92 Å². The number of non-ortho nitro benzene ring substituents is 1. The number of carbonyl (C=O) groups excluding carboxylic acids is 1. The Morgan fingerprint density at radius 1 is 1.45 bits per heavy atom. The van der Waals surface area contributed by atoms with Gasteiger partial charge in [0.1, 0.15) is 0 Å². The molecule has 1 aromatic rings. The molecule has 7 nitrogen and oxygen atoms in total. The van der Waals surface area contributed by atoms with Gasteiger partial charge in [-0.15, -0.1) is 0 Å². The molecule has 0 aromatic heterocycles. The van der Waals surface area contributed by atoms with E-state index in [-0.39, 0.29) is 23.2 Å². The average Bonchev–Trinajstić information content (AvgIpc) is 2.47. The van der Waals surface area contributed by atoms with Crippen LogP contribution in [0.1, 0.15) is 0 Å². The Morgan fingerprint density at radius 3 is 2.64 bits per heavy atom. The highest BCUT2D eigenvalue weighted by atomic mass is 35.5. The van der Waals surface area contributed by atoms with Crippen LogP contribution in [0.15, 0.2) is 18.2 Å². The summed E-state index contributed by atoms with van der Waals surface area (Å²) in [4.78, 5) is 27.5. The fraction of sp³-hybridized carbons (Fsp3) is 0.500. The molecule has 0 bridgehead atoms. The minimum absolute atomic E-state index is 0.0458. The second kappa shape index (κ2) is 6.93. The zero-order valence-corrected chi connectivity index (χ0v) is 13.5. The van der Waals surface area contributed by atoms with Crippen molar-refractivity contribution in [3.63, 3.8) is 0 Å². The van der Waals surface area contributed by atoms with E-state index >= 15 is 0 Å². The summed E-state index contributed by atoms with van der Waals surface area (Å²) in [6.45, 7) is 3.62. The van der Waals surface area contributed by atoms with Gasteiger partial charge in [0, 0.05) is 19.2 Å². The quantitative estimate of drug-likeness (QED) is 0.626. The largest absolute Gasteiger partial charge is 0.364 e. The molecule has 0 radical (unpaired) electrons. The van der Waals surface area contributed by atoms with Crippen LogP contribution in [0.5, 0.6) is 0 Å². The van der Waals surface area contributed by atoms with Crippen LogP contribution in [0.2, 0.25) is 5.02 Å². The second-order valence-corrected chi connectivity index (χ2v) is 5.99. The van der Waals surface area contributed by atoms with Gasteiger partial charge in [-0.05, 0) is 6.07 Å². The van der Waals surface area contributed by atoms with Crippen LogP contribution in [0.4, 0.5) is 11.4 Å². The number of nitrogens with zero attached hydrogens (tertiary/aromatic N) is 3. The van der Waals surface area contributed by atoms with Crippen LogP contribution < -0.4 is 9.80 Å². The number of hydrogen-bond acceptors (Lipinski definition) is 4. The van der Waals surface area contributed by atoms with Gasteiger partial charge in [-0.25, -0.2) is 0 Å². The third kappa shape index (κ3) is 3.86. The van der Waals surface area contributed by atoms with Gasteiger partial charge in [-0.2, -0.15) is 0 Å². The predicted molar refractivity (Wildman–Crippen MR) is 84.6 cm³/mol. The van der Waals surface area contributed by atoms with E-state index in [2.05, 4.69) is 7.05 Å². The number of nitrogens with one attached hydrogen (secondary N) is 1. The molecule has 1 amide bonds. The smallest absolute Gasteiger partial charge is 0.271 e. The first-order valence-corrected chi connectivity index (χ1v) is 7.50. The number of nitro benzene ring substituents is 1. The SMILES string of the molecule is CN(CC(=O)N1CC[NH+](C)CC1)c1ccc([N+](=O)[O-])cc1Cl. The Morgan fingerprint density at radius 2 is 2.09 bits per heavy atom. The van der Waals surface area contributed by atoms with E-state index in [0.29, 0.717) is 5.69 Å². The molecule has 0 spiro atoms. The Labute approximate surface area is 134 Å². The summed E-state index contributed by atoms with van der Waals surface area (Å²) in [7, 11) is 3.87. The normalized spacial score (nSPS) is 15.7. The fourth-order valence-corrected chi connectivity index (χ4v) is 2.76. The summed E-state index contributed by atoms with van der Waals surface area (Å²) < 4.78 is 0. The molecule has 1 heterocycles. The molecular weight excluding hydrogens is 308 g/mol. The zero-order chi connectivity index (χ0) is 16.3. The minimum atomic E-state index is -0.493. The molecule has 0 aliphatic carbocycles. The number of carbonyl (C=O) groups is 1. The van der Waals surface area contributed by atoms with Crippen molar-refractivity contribution in [1.82, 2.24) is 4.90 Å². The standard InChI is InChI=1S/C14H19ClN4O3/c1-16-5-7-18(8-6-16)14(20)10-17(2)13-4-3-11(19(21)22)9-12(13)15/h3-4,9H,5-8,10H2,1-2H3/p+1. The first-order valence-electron chi connectivity index (χ1n) is 7.12. The Bertz CT molecular complexity index is 573. The number of amides is 1. The molecule has 1 N–H and O–H groups in total. The summed E-state index contributed by atoms with van der Waals surface area (Å²) in [5.74, 6) is 0.0458. The lowest BCUT2D eigenvalue weighted by molar-refractivity contribution is -0.883. The van der Waals surface area contributed by atoms with Crippen molar-refractivity contribution in [2.45, 2.75) is 0 Å². The van der Waals surface area contributed by atoms with Crippen LogP contribution in [0.25, 0.3) is 0 Å². The van der Waals surface area contributed by atoms with E-state index in [9.17, 15) is 14.9 Å². The van der Waals surface area contributed by atoms with Crippen LogP contribution in [0, 0.1) is 10.1 Å².